The highest BCUT2D eigenvalue weighted by Crippen LogP contribution is 2.29. The first-order chi connectivity index (χ1) is 8.38. The monoisotopic (exact) mass is 235 g/mol. The largest absolute Gasteiger partial charge is 0.315 e. The van der Waals surface area contributed by atoms with Gasteiger partial charge in [-0.3, -0.25) is 4.90 Å². The Bertz CT molecular complexity index is 247. The molecule has 0 spiro atoms. The molecule has 0 aromatic heterocycles. The van der Waals surface area contributed by atoms with Crippen molar-refractivity contribution in [1.29, 1.82) is 0 Å². The summed E-state index contributed by atoms with van der Waals surface area (Å²) in [5.41, 5.74) is 0. The number of hydrogen-bond donors (Lipinski definition) is 1. The summed E-state index contributed by atoms with van der Waals surface area (Å²) in [6.07, 6.45) is 9.54. The van der Waals surface area contributed by atoms with Crippen LogP contribution in [0.3, 0.4) is 0 Å². The van der Waals surface area contributed by atoms with E-state index in [1.165, 1.54) is 52.0 Å². The van der Waals surface area contributed by atoms with Crippen molar-refractivity contribution in [3.05, 3.63) is 0 Å². The summed E-state index contributed by atoms with van der Waals surface area (Å²) in [6.45, 7) is 9.09. The van der Waals surface area contributed by atoms with Gasteiger partial charge in [-0.1, -0.05) is 5.92 Å². The summed E-state index contributed by atoms with van der Waals surface area (Å²) in [5, 5.41) is 3.44. The molecule has 1 saturated carbocycles. The van der Waals surface area contributed by atoms with Crippen LogP contribution in [0.15, 0.2) is 0 Å². The van der Waals surface area contributed by atoms with Crippen LogP contribution in [0.4, 0.5) is 0 Å². The molecule has 0 aromatic carbocycles. The van der Waals surface area contributed by atoms with Crippen molar-refractivity contribution in [3.8, 4) is 12.3 Å². The molecule has 0 aromatic rings. The van der Waals surface area contributed by atoms with E-state index in [-0.39, 0.29) is 0 Å². The van der Waals surface area contributed by atoms with Crippen LogP contribution in [-0.4, -0.2) is 62.2 Å². The zero-order valence-corrected chi connectivity index (χ0v) is 10.8. The fourth-order valence-electron chi connectivity index (χ4n) is 2.44. The summed E-state index contributed by atoms with van der Waals surface area (Å²) in [7, 11) is 0. The lowest BCUT2D eigenvalue weighted by Crippen LogP contribution is -2.38. The van der Waals surface area contributed by atoms with E-state index in [0.717, 1.165) is 25.6 Å². The Labute approximate surface area is 106 Å². The van der Waals surface area contributed by atoms with Crippen LogP contribution in [0.25, 0.3) is 0 Å². The molecule has 17 heavy (non-hydrogen) atoms. The molecule has 1 aliphatic heterocycles. The van der Waals surface area contributed by atoms with Crippen LogP contribution in [0.5, 0.6) is 0 Å². The molecular weight excluding hydrogens is 210 g/mol. The second kappa shape index (κ2) is 7.00. The lowest BCUT2D eigenvalue weighted by molar-refractivity contribution is 0.219. The van der Waals surface area contributed by atoms with E-state index in [2.05, 4.69) is 21.0 Å². The zero-order chi connectivity index (χ0) is 11.9. The van der Waals surface area contributed by atoms with Gasteiger partial charge < -0.3 is 10.2 Å². The third kappa shape index (κ3) is 5.08. The zero-order valence-electron chi connectivity index (χ0n) is 10.8. The van der Waals surface area contributed by atoms with Crippen molar-refractivity contribution in [1.82, 2.24) is 15.1 Å². The number of rotatable bonds is 6. The Balaban J connectivity index is 1.67. The minimum Gasteiger partial charge on any atom is -0.315 e. The molecule has 96 valence electrons. The van der Waals surface area contributed by atoms with Crippen molar-refractivity contribution in [2.24, 2.45) is 5.92 Å². The number of hydrogen-bond acceptors (Lipinski definition) is 3. The number of nitrogens with one attached hydrogen (secondary N) is 1. The van der Waals surface area contributed by atoms with E-state index in [9.17, 15) is 0 Å². The molecule has 1 aliphatic carbocycles. The third-order valence-corrected chi connectivity index (χ3v) is 3.69. The lowest BCUT2D eigenvalue weighted by Gasteiger charge is -2.25. The summed E-state index contributed by atoms with van der Waals surface area (Å²) in [5.74, 6) is 3.74. The Hall–Kier alpha value is -0.560. The highest BCUT2D eigenvalue weighted by Gasteiger charge is 2.24. The molecule has 2 fully saturated rings. The van der Waals surface area contributed by atoms with Crippen molar-refractivity contribution in [2.45, 2.75) is 19.3 Å². The van der Waals surface area contributed by atoms with Gasteiger partial charge in [-0.2, -0.15) is 0 Å². The quantitative estimate of drug-likeness (QED) is 0.681. The fraction of sp³-hybridized carbons (Fsp3) is 0.857. The Morgan fingerprint density at radius 3 is 2.94 bits per heavy atom. The summed E-state index contributed by atoms with van der Waals surface area (Å²) in [6, 6.07) is 0. The van der Waals surface area contributed by atoms with Crippen LogP contribution >= 0.6 is 0 Å². The summed E-state index contributed by atoms with van der Waals surface area (Å²) in [4.78, 5) is 5.02. The van der Waals surface area contributed by atoms with E-state index >= 15 is 0 Å². The molecule has 2 rings (SSSR count). The molecule has 0 unspecified atom stereocenters. The topological polar surface area (TPSA) is 18.5 Å². The Morgan fingerprint density at radius 1 is 1.29 bits per heavy atom. The molecule has 0 atom stereocenters. The van der Waals surface area contributed by atoms with Crippen molar-refractivity contribution >= 4 is 0 Å². The average molecular weight is 235 g/mol. The maximum atomic E-state index is 5.44. The summed E-state index contributed by atoms with van der Waals surface area (Å²) < 4.78 is 0. The molecule has 2 aliphatic rings. The molecule has 1 N–H and O–H groups in total. The standard InChI is InChI=1S/C14H25N3/c1-2-8-17(13-14-4-5-14)12-11-16-9-3-6-15-7-10-16/h1,14-15H,3-13H2. The van der Waals surface area contributed by atoms with Gasteiger partial charge in [0.05, 0.1) is 6.54 Å². The van der Waals surface area contributed by atoms with Crippen LogP contribution in [0.1, 0.15) is 19.3 Å². The average Bonchev–Trinajstić information content (AvgIpc) is 3.13. The van der Waals surface area contributed by atoms with E-state index in [0.29, 0.717) is 0 Å². The first kappa shape index (κ1) is 12.9. The Kier molecular flexibility index (Phi) is 5.31. The second-order valence-electron chi connectivity index (χ2n) is 5.33. The molecular formula is C14H25N3. The fourth-order valence-corrected chi connectivity index (χ4v) is 2.44. The lowest BCUT2D eigenvalue weighted by atomic mass is 10.3. The van der Waals surface area contributed by atoms with E-state index < -0.39 is 0 Å². The highest BCUT2D eigenvalue weighted by molar-refractivity contribution is 4.90. The van der Waals surface area contributed by atoms with Gasteiger partial charge in [-0.15, -0.1) is 6.42 Å². The van der Waals surface area contributed by atoms with Gasteiger partial charge in [0.25, 0.3) is 0 Å². The minimum atomic E-state index is 0.822. The second-order valence-corrected chi connectivity index (χ2v) is 5.33. The van der Waals surface area contributed by atoms with Gasteiger partial charge >= 0.3 is 0 Å². The Morgan fingerprint density at radius 2 is 2.18 bits per heavy atom. The predicted octanol–water partition coefficient (Wildman–Crippen LogP) is 0.627. The van der Waals surface area contributed by atoms with E-state index in [4.69, 9.17) is 6.42 Å². The molecule has 1 heterocycles. The van der Waals surface area contributed by atoms with Crippen LogP contribution in [0, 0.1) is 18.3 Å². The van der Waals surface area contributed by atoms with Crippen molar-refractivity contribution < 1.29 is 0 Å². The third-order valence-electron chi connectivity index (χ3n) is 3.69. The molecule has 0 amide bonds. The van der Waals surface area contributed by atoms with Crippen LogP contribution in [0.2, 0.25) is 0 Å². The molecule has 3 heteroatoms. The first-order valence-electron chi connectivity index (χ1n) is 6.97. The first-order valence-corrected chi connectivity index (χ1v) is 6.97. The molecule has 0 bridgehead atoms. The van der Waals surface area contributed by atoms with Gasteiger partial charge in [0, 0.05) is 32.7 Å². The number of nitrogens with zero attached hydrogens (tertiary/aromatic N) is 2. The molecule has 0 radical (unpaired) electrons. The van der Waals surface area contributed by atoms with Gasteiger partial charge in [-0.25, -0.2) is 0 Å². The van der Waals surface area contributed by atoms with Gasteiger partial charge in [0.15, 0.2) is 0 Å². The predicted molar refractivity (Wildman–Crippen MR) is 71.9 cm³/mol. The SMILES string of the molecule is C#CCN(CCN1CCCNCC1)CC1CC1. The van der Waals surface area contributed by atoms with Gasteiger partial charge in [0.1, 0.15) is 0 Å². The van der Waals surface area contributed by atoms with Crippen molar-refractivity contribution in [2.75, 3.05) is 52.4 Å². The van der Waals surface area contributed by atoms with Crippen LogP contribution < -0.4 is 5.32 Å². The van der Waals surface area contributed by atoms with Gasteiger partial charge in [-0.05, 0) is 38.3 Å². The maximum Gasteiger partial charge on any atom is 0.0599 e. The normalized spacial score (nSPS) is 22.4. The van der Waals surface area contributed by atoms with E-state index in [1.54, 1.807) is 0 Å². The van der Waals surface area contributed by atoms with Gasteiger partial charge in [0.2, 0.25) is 0 Å². The van der Waals surface area contributed by atoms with Crippen LogP contribution in [-0.2, 0) is 0 Å². The highest BCUT2D eigenvalue weighted by atomic mass is 15.2. The van der Waals surface area contributed by atoms with Crippen molar-refractivity contribution in [3.63, 3.8) is 0 Å². The van der Waals surface area contributed by atoms with E-state index in [1.807, 2.05) is 0 Å². The smallest absolute Gasteiger partial charge is 0.0599 e. The number of terminal acetylenes is 1. The maximum absolute atomic E-state index is 5.44. The molecule has 1 saturated heterocycles. The summed E-state index contributed by atoms with van der Waals surface area (Å²) >= 11 is 0. The minimum absolute atomic E-state index is 0.822. The molecule has 3 nitrogen and oxygen atoms in total.